The third-order valence-electron chi connectivity index (χ3n) is 3.17. The number of anilines is 1. The Morgan fingerprint density at radius 1 is 1.42 bits per heavy atom. The predicted molar refractivity (Wildman–Crippen MR) is 59.7 cm³/mol. The van der Waals surface area contributed by atoms with Crippen LogP contribution >= 0.6 is 0 Å². The Morgan fingerprint density at radius 2 is 2.11 bits per heavy atom. The van der Waals surface area contributed by atoms with Gasteiger partial charge in [-0.15, -0.1) is 0 Å². The molecule has 0 spiro atoms. The SMILES string of the molecule is Cc1cc(N2C[C@@H](C(F)(F)F)[C@H](C(=O)O)C2)ncn1. The van der Waals surface area contributed by atoms with Crippen LogP contribution in [-0.4, -0.2) is 40.3 Å². The van der Waals surface area contributed by atoms with Crippen molar-refractivity contribution in [3.8, 4) is 0 Å². The van der Waals surface area contributed by atoms with Gasteiger partial charge in [-0.3, -0.25) is 4.79 Å². The number of carbonyl (C=O) groups is 1. The summed E-state index contributed by atoms with van der Waals surface area (Å²) in [7, 11) is 0. The molecule has 1 saturated heterocycles. The number of carboxylic acids is 1. The fourth-order valence-corrected chi connectivity index (χ4v) is 2.19. The van der Waals surface area contributed by atoms with Crippen molar-refractivity contribution < 1.29 is 23.1 Å². The summed E-state index contributed by atoms with van der Waals surface area (Å²) in [6.45, 7) is 1.10. The first kappa shape index (κ1) is 13.6. The maximum atomic E-state index is 12.8. The number of alkyl halides is 3. The van der Waals surface area contributed by atoms with Crippen LogP contribution in [0.1, 0.15) is 5.69 Å². The first-order valence-corrected chi connectivity index (χ1v) is 5.62. The van der Waals surface area contributed by atoms with Crippen LogP contribution in [0.4, 0.5) is 19.0 Å². The molecular formula is C11H12F3N3O2. The number of aliphatic carboxylic acids is 1. The van der Waals surface area contributed by atoms with E-state index in [0.717, 1.165) is 0 Å². The van der Waals surface area contributed by atoms with Crippen molar-refractivity contribution >= 4 is 11.8 Å². The quantitative estimate of drug-likeness (QED) is 0.885. The number of aryl methyl sites for hydroxylation is 1. The lowest BCUT2D eigenvalue weighted by molar-refractivity contribution is -0.187. The van der Waals surface area contributed by atoms with Crippen molar-refractivity contribution in [2.24, 2.45) is 11.8 Å². The predicted octanol–water partition coefficient (Wildman–Crippen LogP) is 1.48. The van der Waals surface area contributed by atoms with Gasteiger partial charge in [0.2, 0.25) is 0 Å². The zero-order valence-electron chi connectivity index (χ0n) is 10.1. The highest BCUT2D eigenvalue weighted by Crippen LogP contribution is 2.38. The summed E-state index contributed by atoms with van der Waals surface area (Å²) < 4.78 is 38.5. The Bertz CT molecular complexity index is 492. The fourth-order valence-electron chi connectivity index (χ4n) is 2.19. The normalized spacial score (nSPS) is 23.7. The van der Waals surface area contributed by atoms with E-state index in [1.54, 1.807) is 6.92 Å². The highest BCUT2D eigenvalue weighted by Gasteiger charge is 2.52. The molecule has 1 aliphatic rings. The zero-order chi connectivity index (χ0) is 14.2. The van der Waals surface area contributed by atoms with Crippen LogP contribution in [0.2, 0.25) is 0 Å². The van der Waals surface area contributed by atoms with Gasteiger partial charge in [0.15, 0.2) is 0 Å². The van der Waals surface area contributed by atoms with Gasteiger partial charge in [0, 0.05) is 24.8 Å². The Hall–Kier alpha value is -1.86. The van der Waals surface area contributed by atoms with E-state index in [0.29, 0.717) is 11.5 Å². The van der Waals surface area contributed by atoms with E-state index >= 15 is 0 Å². The van der Waals surface area contributed by atoms with E-state index in [9.17, 15) is 18.0 Å². The van der Waals surface area contributed by atoms with Crippen LogP contribution in [0.5, 0.6) is 0 Å². The summed E-state index contributed by atoms with van der Waals surface area (Å²) in [6.07, 6.45) is -3.28. The molecule has 8 heteroatoms. The molecule has 0 bridgehead atoms. The maximum absolute atomic E-state index is 12.8. The monoisotopic (exact) mass is 275 g/mol. The van der Waals surface area contributed by atoms with Crippen molar-refractivity contribution in [2.45, 2.75) is 13.1 Å². The molecule has 104 valence electrons. The average molecular weight is 275 g/mol. The molecule has 1 fully saturated rings. The summed E-state index contributed by atoms with van der Waals surface area (Å²) in [4.78, 5) is 20.0. The van der Waals surface area contributed by atoms with Crippen molar-refractivity contribution in [1.82, 2.24) is 9.97 Å². The Labute approximate surface area is 107 Å². The van der Waals surface area contributed by atoms with E-state index in [-0.39, 0.29) is 6.54 Å². The molecule has 2 rings (SSSR count). The summed E-state index contributed by atoms with van der Waals surface area (Å²) in [5, 5.41) is 8.91. The molecule has 0 saturated carbocycles. The lowest BCUT2D eigenvalue weighted by atomic mass is 9.96. The summed E-state index contributed by atoms with van der Waals surface area (Å²) >= 11 is 0. The number of rotatable bonds is 2. The molecular weight excluding hydrogens is 263 g/mol. The van der Waals surface area contributed by atoms with Gasteiger partial charge < -0.3 is 10.0 Å². The summed E-state index contributed by atoms with van der Waals surface area (Å²) in [5.74, 6) is -4.45. The van der Waals surface area contributed by atoms with Crippen LogP contribution < -0.4 is 4.90 Å². The standard InChI is InChI=1S/C11H12F3N3O2/c1-6-2-9(16-5-15-6)17-3-7(10(18)19)8(4-17)11(12,13)14/h2,5,7-8H,3-4H2,1H3,(H,18,19)/t7-,8-/m1/s1. The van der Waals surface area contributed by atoms with E-state index < -0.39 is 30.5 Å². The molecule has 0 radical (unpaired) electrons. The molecule has 1 aromatic heterocycles. The minimum Gasteiger partial charge on any atom is -0.481 e. The fraction of sp³-hybridized carbons (Fsp3) is 0.545. The highest BCUT2D eigenvalue weighted by atomic mass is 19.4. The Balaban J connectivity index is 2.25. The third kappa shape index (κ3) is 2.77. The smallest absolute Gasteiger partial charge is 0.394 e. The topological polar surface area (TPSA) is 66.3 Å². The third-order valence-corrected chi connectivity index (χ3v) is 3.17. The Morgan fingerprint density at radius 3 is 2.58 bits per heavy atom. The van der Waals surface area contributed by atoms with Crippen LogP contribution in [-0.2, 0) is 4.79 Å². The van der Waals surface area contributed by atoms with E-state index in [1.807, 2.05) is 0 Å². The van der Waals surface area contributed by atoms with Crippen LogP contribution in [0.15, 0.2) is 12.4 Å². The molecule has 2 heterocycles. The van der Waals surface area contributed by atoms with Gasteiger partial charge in [-0.2, -0.15) is 13.2 Å². The van der Waals surface area contributed by atoms with Gasteiger partial charge >= 0.3 is 12.1 Å². The average Bonchev–Trinajstić information content (AvgIpc) is 2.73. The molecule has 0 aliphatic carbocycles. The number of aromatic nitrogens is 2. The van der Waals surface area contributed by atoms with Crippen LogP contribution in [0, 0.1) is 18.8 Å². The van der Waals surface area contributed by atoms with Gasteiger partial charge in [0.1, 0.15) is 12.1 Å². The number of halogens is 3. The van der Waals surface area contributed by atoms with Gasteiger partial charge in [-0.25, -0.2) is 9.97 Å². The Kier molecular flexibility index (Phi) is 3.34. The minimum atomic E-state index is -4.53. The molecule has 19 heavy (non-hydrogen) atoms. The van der Waals surface area contributed by atoms with Crippen LogP contribution in [0.25, 0.3) is 0 Å². The van der Waals surface area contributed by atoms with Crippen LogP contribution in [0.3, 0.4) is 0 Å². The van der Waals surface area contributed by atoms with Gasteiger partial charge in [-0.1, -0.05) is 0 Å². The van der Waals surface area contributed by atoms with Gasteiger partial charge in [0.25, 0.3) is 0 Å². The molecule has 2 atom stereocenters. The molecule has 1 aliphatic heterocycles. The van der Waals surface area contributed by atoms with Crippen molar-refractivity contribution in [3.63, 3.8) is 0 Å². The van der Waals surface area contributed by atoms with E-state index in [4.69, 9.17) is 5.11 Å². The van der Waals surface area contributed by atoms with Crippen molar-refractivity contribution in [3.05, 3.63) is 18.1 Å². The molecule has 0 amide bonds. The number of nitrogens with zero attached hydrogens (tertiary/aromatic N) is 3. The second-order valence-corrected chi connectivity index (χ2v) is 4.52. The number of hydrogen-bond acceptors (Lipinski definition) is 4. The van der Waals surface area contributed by atoms with Crippen molar-refractivity contribution in [1.29, 1.82) is 0 Å². The first-order chi connectivity index (χ1) is 8.79. The largest absolute Gasteiger partial charge is 0.481 e. The summed E-state index contributed by atoms with van der Waals surface area (Å²) in [5.41, 5.74) is 0.618. The van der Waals surface area contributed by atoms with Gasteiger partial charge in [-0.05, 0) is 6.92 Å². The van der Waals surface area contributed by atoms with Crippen molar-refractivity contribution in [2.75, 3.05) is 18.0 Å². The molecule has 0 aromatic carbocycles. The molecule has 0 unspecified atom stereocenters. The minimum absolute atomic E-state index is 0.198. The second kappa shape index (κ2) is 4.67. The highest BCUT2D eigenvalue weighted by molar-refractivity contribution is 5.72. The number of carboxylic acid groups (broad SMARTS) is 1. The lowest BCUT2D eigenvalue weighted by Gasteiger charge is -2.18. The van der Waals surface area contributed by atoms with Gasteiger partial charge in [0.05, 0.1) is 11.8 Å². The lowest BCUT2D eigenvalue weighted by Crippen LogP contribution is -2.33. The first-order valence-electron chi connectivity index (χ1n) is 5.62. The molecule has 1 N–H and O–H groups in total. The summed E-state index contributed by atoms with van der Waals surface area (Å²) in [6, 6.07) is 1.54. The molecule has 5 nitrogen and oxygen atoms in total. The van der Waals surface area contributed by atoms with E-state index in [2.05, 4.69) is 9.97 Å². The number of hydrogen-bond donors (Lipinski definition) is 1. The maximum Gasteiger partial charge on any atom is 0.394 e. The second-order valence-electron chi connectivity index (χ2n) is 4.52. The zero-order valence-corrected chi connectivity index (χ0v) is 10.1. The van der Waals surface area contributed by atoms with E-state index in [1.165, 1.54) is 17.3 Å². The molecule has 1 aromatic rings.